The van der Waals surface area contributed by atoms with Crippen molar-refractivity contribution in [3.05, 3.63) is 12.7 Å². The number of nitrogen functional groups attached to an aromatic ring is 1. The second kappa shape index (κ2) is 5.65. The Hall–Kier alpha value is -2.22. The van der Waals surface area contributed by atoms with Crippen LogP contribution >= 0.6 is 0 Å². The minimum absolute atomic E-state index is 0.00627. The molecular weight excluding hydrogens is 274 g/mol. The Balaban J connectivity index is 1.70. The van der Waals surface area contributed by atoms with E-state index < -0.39 is 0 Å². The van der Waals surface area contributed by atoms with Crippen molar-refractivity contribution < 1.29 is 14.3 Å². The molecule has 2 N–H and O–H groups in total. The smallest absolute Gasteiger partial charge is 0.331 e. The van der Waals surface area contributed by atoms with Gasteiger partial charge in [0.25, 0.3) is 0 Å². The van der Waals surface area contributed by atoms with Gasteiger partial charge in [-0.15, -0.1) is 0 Å². The molecule has 1 fully saturated rings. The molecule has 1 aliphatic carbocycles. The molecule has 1 aliphatic rings. The van der Waals surface area contributed by atoms with Crippen molar-refractivity contribution in [3.8, 4) is 0 Å². The summed E-state index contributed by atoms with van der Waals surface area (Å²) in [4.78, 5) is 23.6. The van der Waals surface area contributed by atoms with Crippen LogP contribution in [-0.4, -0.2) is 45.3 Å². The maximum Gasteiger partial charge on any atom is 0.331 e. The molecule has 0 aliphatic heterocycles. The molecule has 0 aromatic carbocycles. The first kappa shape index (κ1) is 13.7. The quantitative estimate of drug-likeness (QED) is 0.826. The normalized spacial score (nSPS) is 21.8. The van der Waals surface area contributed by atoms with Crippen LogP contribution in [0.3, 0.4) is 0 Å². The lowest BCUT2D eigenvalue weighted by Crippen LogP contribution is -2.17. The van der Waals surface area contributed by atoms with E-state index in [-0.39, 0.29) is 24.7 Å². The Kier molecular flexibility index (Phi) is 3.70. The van der Waals surface area contributed by atoms with E-state index in [1.165, 1.54) is 13.4 Å². The molecule has 2 aromatic rings. The fourth-order valence-electron chi connectivity index (χ4n) is 2.70. The largest absolute Gasteiger partial charge is 0.467 e. The van der Waals surface area contributed by atoms with Crippen LogP contribution in [0, 0.1) is 0 Å². The highest BCUT2D eigenvalue weighted by molar-refractivity contribution is 5.81. The molecule has 8 heteroatoms. The molecule has 8 nitrogen and oxygen atoms in total. The van der Waals surface area contributed by atoms with E-state index in [9.17, 15) is 4.79 Å². The van der Waals surface area contributed by atoms with Gasteiger partial charge < -0.3 is 19.8 Å². The Morgan fingerprint density at radius 3 is 3.10 bits per heavy atom. The minimum atomic E-state index is -0.355. The number of ether oxygens (including phenoxy) is 2. The van der Waals surface area contributed by atoms with Crippen LogP contribution in [0.2, 0.25) is 0 Å². The standard InChI is InChI=1S/C13H17N5O3/c1-20-10(19)5-21-9-3-2-8(4-9)18-7-17-11-12(14)15-6-16-13(11)18/h6-9H,2-5H2,1H3,(H2,14,15,16). The second-order valence-corrected chi connectivity index (χ2v) is 5.06. The number of rotatable bonds is 4. The van der Waals surface area contributed by atoms with Gasteiger partial charge in [0.2, 0.25) is 0 Å². The number of carbonyl (C=O) groups is 1. The number of hydrogen-bond acceptors (Lipinski definition) is 7. The fraction of sp³-hybridized carbons (Fsp3) is 0.538. The van der Waals surface area contributed by atoms with Crippen LogP contribution in [0.4, 0.5) is 5.82 Å². The van der Waals surface area contributed by atoms with Crippen LogP contribution in [0.1, 0.15) is 25.3 Å². The van der Waals surface area contributed by atoms with Gasteiger partial charge in [0.05, 0.1) is 19.5 Å². The van der Waals surface area contributed by atoms with Gasteiger partial charge in [-0.05, 0) is 19.3 Å². The molecule has 2 heterocycles. The van der Waals surface area contributed by atoms with Crippen molar-refractivity contribution in [2.45, 2.75) is 31.4 Å². The number of carbonyl (C=O) groups excluding carboxylic acids is 1. The summed E-state index contributed by atoms with van der Waals surface area (Å²) in [5.74, 6) is 0.0299. The summed E-state index contributed by atoms with van der Waals surface area (Å²) in [6.45, 7) is -0.00627. The van der Waals surface area contributed by atoms with Gasteiger partial charge in [0.15, 0.2) is 11.5 Å². The zero-order chi connectivity index (χ0) is 14.8. The number of imidazole rings is 1. The van der Waals surface area contributed by atoms with E-state index in [0.717, 1.165) is 24.9 Å². The molecule has 0 bridgehead atoms. The number of fused-ring (bicyclic) bond motifs is 1. The molecule has 0 saturated heterocycles. The zero-order valence-electron chi connectivity index (χ0n) is 11.7. The highest BCUT2D eigenvalue weighted by Gasteiger charge is 2.28. The van der Waals surface area contributed by atoms with E-state index in [1.54, 1.807) is 6.33 Å². The molecule has 112 valence electrons. The van der Waals surface area contributed by atoms with E-state index in [4.69, 9.17) is 10.5 Å². The van der Waals surface area contributed by atoms with Crippen LogP contribution in [0.15, 0.2) is 12.7 Å². The van der Waals surface area contributed by atoms with Crippen molar-refractivity contribution in [2.24, 2.45) is 0 Å². The summed E-state index contributed by atoms with van der Waals surface area (Å²) >= 11 is 0. The van der Waals surface area contributed by atoms with Gasteiger partial charge in [-0.3, -0.25) is 0 Å². The summed E-state index contributed by atoms with van der Waals surface area (Å²) in [6, 6.07) is 0.243. The van der Waals surface area contributed by atoms with Crippen molar-refractivity contribution in [2.75, 3.05) is 19.5 Å². The van der Waals surface area contributed by atoms with Crippen molar-refractivity contribution in [3.63, 3.8) is 0 Å². The molecule has 2 atom stereocenters. The predicted octanol–water partition coefficient (Wildman–Crippen LogP) is 0.692. The topological polar surface area (TPSA) is 105 Å². The molecule has 1 saturated carbocycles. The monoisotopic (exact) mass is 291 g/mol. The van der Waals surface area contributed by atoms with Crippen LogP contribution in [0.25, 0.3) is 11.2 Å². The van der Waals surface area contributed by atoms with Crippen molar-refractivity contribution in [1.82, 2.24) is 19.5 Å². The lowest BCUT2D eigenvalue weighted by atomic mass is 10.2. The maximum atomic E-state index is 11.1. The third-order valence-corrected chi connectivity index (χ3v) is 3.80. The summed E-state index contributed by atoms with van der Waals surface area (Å²) in [5.41, 5.74) is 7.15. The number of nitrogens with zero attached hydrogens (tertiary/aromatic N) is 4. The van der Waals surface area contributed by atoms with Gasteiger partial charge in [-0.1, -0.05) is 0 Å². The second-order valence-electron chi connectivity index (χ2n) is 5.06. The first-order valence-electron chi connectivity index (χ1n) is 6.80. The van der Waals surface area contributed by atoms with E-state index in [0.29, 0.717) is 11.3 Å². The van der Waals surface area contributed by atoms with Gasteiger partial charge >= 0.3 is 5.97 Å². The molecular formula is C13H17N5O3. The van der Waals surface area contributed by atoms with Crippen molar-refractivity contribution >= 4 is 23.0 Å². The predicted molar refractivity (Wildman–Crippen MR) is 74.4 cm³/mol. The molecule has 0 radical (unpaired) electrons. The van der Waals surface area contributed by atoms with Gasteiger partial charge in [0, 0.05) is 6.04 Å². The highest BCUT2D eigenvalue weighted by Crippen LogP contribution is 2.33. The third kappa shape index (κ3) is 2.66. The fourth-order valence-corrected chi connectivity index (χ4v) is 2.70. The van der Waals surface area contributed by atoms with Gasteiger partial charge in [-0.25, -0.2) is 19.7 Å². The van der Waals surface area contributed by atoms with E-state index in [1.807, 2.05) is 4.57 Å². The summed E-state index contributed by atoms with van der Waals surface area (Å²) in [6.07, 6.45) is 5.87. The zero-order valence-corrected chi connectivity index (χ0v) is 11.7. The highest BCUT2D eigenvalue weighted by atomic mass is 16.6. The minimum Gasteiger partial charge on any atom is -0.467 e. The number of hydrogen-bond donors (Lipinski definition) is 1. The Morgan fingerprint density at radius 2 is 2.29 bits per heavy atom. The lowest BCUT2D eigenvalue weighted by Gasteiger charge is -2.13. The van der Waals surface area contributed by atoms with Crippen LogP contribution in [-0.2, 0) is 14.3 Å². The molecule has 2 aromatic heterocycles. The lowest BCUT2D eigenvalue weighted by molar-refractivity contribution is -0.147. The summed E-state index contributed by atoms with van der Waals surface area (Å²) in [5, 5.41) is 0. The van der Waals surface area contributed by atoms with Crippen molar-refractivity contribution in [1.29, 1.82) is 0 Å². The van der Waals surface area contributed by atoms with Gasteiger partial charge in [-0.2, -0.15) is 0 Å². The third-order valence-electron chi connectivity index (χ3n) is 3.80. The molecule has 2 unspecified atom stereocenters. The van der Waals surface area contributed by atoms with E-state index >= 15 is 0 Å². The molecule has 0 amide bonds. The number of nitrogens with two attached hydrogens (primary N) is 1. The Labute approximate surface area is 121 Å². The summed E-state index contributed by atoms with van der Waals surface area (Å²) in [7, 11) is 1.35. The van der Waals surface area contributed by atoms with Crippen LogP contribution in [0.5, 0.6) is 0 Å². The van der Waals surface area contributed by atoms with Gasteiger partial charge in [0.1, 0.15) is 18.5 Å². The van der Waals surface area contributed by atoms with E-state index in [2.05, 4.69) is 19.7 Å². The number of esters is 1. The molecule has 21 heavy (non-hydrogen) atoms. The number of methoxy groups -OCH3 is 1. The Morgan fingerprint density at radius 1 is 1.43 bits per heavy atom. The molecule has 3 rings (SSSR count). The number of aromatic nitrogens is 4. The first-order valence-corrected chi connectivity index (χ1v) is 6.80. The average Bonchev–Trinajstić information content (AvgIpc) is 3.11. The van der Waals surface area contributed by atoms with Crippen LogP contribution < -0.4 is 5.73 Å². The molecule has 0 spiro atoms. The maximum absolute atomic E-state index is 11.1. The SMILES string of the molecule is COC(=O)COC1CCC(n2cnc3c(N)ncnc32)C1. The summed E-state index contributed by atoms with van der Waals surface area (Å²) < 4.78 is 12.1. The average molecular weight is 291 g/mol. The first-order chi connectivity index (χ1) is 10.2. The Bertz CT molecular complexity index is 656. The number of anilines is 1.